The summed E-state index contributed by atoms with van der Waals surface area (Å²) >= 11 is 0. The van der Waals surface area contributed by atoms with E-state index in [0.29, 0.717) is 49.0 Å². The molecule has 0 N–H and O–H groups in total. The molecule has 1 fully saturated rings. The Morgan fingerprint density at radius 2 is 1.53 bits per heavy atom. The number of aromatic nitrogens is 2. The van der Waals surface area contributed by atoms with Crippen LogP contribution in [0.4, 0.5) is 15.1 Å². The number of halogens is 1. The fourth-order valence-corrected chi connectivity index (χ4v) is 3.77. The van der Waals surface area contributed by atoms with Crippen LogP contribution in [0.1, 0.15) is 52.7 Å². The van der Waals surface area contributed by atoms with Gasteiger partial charge in [0.15, 0.2) is 0 Å². The number of piperazine rings is 1. The molecule has 10 heteroatoms. The van der Waals surface area contributed by atoms with Gasteiger partial charge in [-0.15, -0.1) is 0 Å². The van der Waals surface area contributed by atoms with Crippen LogP contribution in [-0.2, 0) is 15.7 Å². The van der Waals surface area contributed by atoms with Crippen molar-refractivity contribution in [2.24, 2.45) is 4.40 Å². The number of carbonyl (C=O) groups is 1. The summed E-state index contributed by atoms with van der Waals surface area (Å²) in [5, 5.41) is 0. The summed E-state index contributed by atoms with van der Waals surface area (Å²) in [7, 11) is -1.52. The zero-order valence-electron chi connectivity index (χ0n) is 20.5. The molecule has 0 bridgehead atoms. The van der Waals surface area contributed by atoms with Gasteiger partial charge in [-0.2, -0.15) is 4.40 Å². The Bertz CT molecular complexity index is 1050. The minimum Gasteiger partial charge on any atom is -0.444 e. The molecule has 0 radical (unpaired) electrons. The van der Waals surface area contributed by atoms with E-state index in [-0.39, 0.29) is 11.9 Å². The van der Waals surface area contributed by atoms with E-state index < -0.39 is 21.3 Å². The summed E-state index contributed by atoms with van der Waals surface area (Å²) in [5.41, 5.74) is 1.12. The zero-order valence-corrected chi connectivity index (χ0v) is 21.4. The van der Waals surface area contributed by atoms with Crippen molar-refractivity contribution in [3.8, 4) is 0 Å². The maximum Gasteiger partial charge on any atom is 0.410 e. The summed E-state index contributed by atoms with van der Waals surface area (Å²) in [6.45, 7) is 13.2. The van der Waals surface area contributed by atoms with Gasteiger partial charge >= 0.3 is 6.09 Å². The number of hydrogen-bond donors (Lipinski definition) is 0. The van der Waals surface area contributed by atoms with Crippen molar-refractivity contribution in [2.45, 2.75) is 51.9 Å². The fourth-order valence-electron chi connectivity index (χ4n) is 3.12. The third-order valence-electron chi connectivity index (χ3n) is 4.94. The molecule has 1 amide bonds. The van der Waals surface area contributed by atoms with Gasteiger partial charge in [-0.05, 0) is 65.8 Å². The largest absolute Gasteiger partial charge is 0.444 e. The van der Waals surface area contributed by atoms with Gasteiger partial charge < -0.3 is 14.5 Å². The van der Waals surface area contributed by atoms with Crippen LogP contribution in [0.25, 0.3) is 0 Å². The highest BCUT2D eigenvalue weighted by molar-refractivity contribution is 7.85. The molecule has 2 aromatic rings. The molecule has 1 aromatic carbocycles. The van der Waals surface area contributed by atoms with Crippen LogP contribution in [0.2, 0.25) is 0 Å². The molecule has 2 heterocycles. The van der Waals surface area contributed by atoms with Crippen LogP contribution < -0.4 is 4.90 Å². The molecular formula is C24H32FN5O3S. The van der Waals surface area contributed by atoms with Gasteiger partial charge in [-0.3, -0.25) is 0 Å². The third kappa shape index (κ3) is 6.82. The molecule has 1 aliphatic heterocycles. The van der Waals surface area contributed by atoms with Crippen molar-refractivity contribution in [1.82, 2.24) is 14.9 Å². The number of nitrogens with zero attached hydrogens (tertiary/aromatic N) is 5. The molecule has 1 saturated heterocycles. The molecule has 1 aromatic heterocycles. The van der Waals surface area contributed by atoms with Gasteiger partial charge in [-0.25, -0.2) is 23.4 Å². The van der Waals surface area contributed by atoms with E-state index in [1.54, 1.807) is 29.4 Å². The van der Waals surface area contributed by atoms with Crippen molar-refractivity contribution >= 4 is 28.7 Å². The van der Waals surface area contributed by atoms with Crippen molar-refractivity contribution in [1.29, 1.82) is 0 Å². The third-order valence-corrected chi connectivity index (χ3v) is 6.34. The Kier molecular flexibility index (Phi) is 7.70. The van der Waals surface area contributed by atoms with Gasteiger partial charge in [0.2, 0.25) is 5.95 Å². The fraction of sp³-hybridized carbons (Fsp3) is 0.500. The molecule has 1 aliphatic rings. The molecule has 8 nitrogen and oxygen atoms in total. The molecule has 184 valence electrons. The average molecular weight is 490 g/mol. The minimum absolute atomic E-state index is 0.324. The molecule has 1 atom stereocenters. The number of benzene rings is 1. The minimum atomic E-state index is -1.52. The lowest BCUT2D eigenvalue weighted by Gasteiger charge is -2.35. The number of carbonyl (C=O) groups excluding carboxylic acids is 1. The predicted octanol–water partition coefficient (Wildman–Crippen LogP) is 3.97. The maximum absolute atomic E-state index is 13.5. The van der Waals surface area contributed by atoms with Crippen LogP contribution >= 0.6 is 0 Å². The van der Waals surface area contributed by atoms with E-state index in [0.717, 1.165) is 0 Å². The van der Waals surface area contributed by atoms with Gasteiger partial charge in [0.25, 0.3) is 0 Å². The second-order valence-electron chi connectivity index (χ2n) is 10.0. The first-order valence-electron chi connectivity index (χ1n) is 11.2. The first-order chi connectivity index (χ1) is 15.8. The molecule has 3 rings (SSSR count). The average Bonchev–Trinajstić information content (AvgIpc) is 2.76. The second kappa shape index (κ2) is 10.2. The highest BCUT2D eigenvalue weighted by Crippen LogP contribution is 2.19. The monoisotopic (exact) mass is 489 g/mol. The number of amides is 1. The summed E-state index contributed by atoms with van der Waals surface area (Å²) in [6, 6.07) is 5.87. The summed E-state index contributed by atoms with van der Waals surface area (Å²) in [4.78, 5) is 24.9. The van der Waals surface area contributed by atoms with Crippen molar-refractivity contribution in [3.05, 3.63) is 53.6 Å². The van der Waals surface area contributed by atoms with Gasteiger partial charge in [-0.1, -0.05) is 0 Å². The quantitative estimate of drug-likeness (QED) is 0.604. The zero-order chi connectivity index (χ0) is 25.1. The van der Waals surface area contributed by atoms with E-state index in [1.807, 2.05) is 46.4 Å². The SMILES string of the molecule is CC(C)(C)OC(=O)N1CCN(c2ncc(/C(=N\[S@@](=O)C(C)(C)C)c3ccc(F)cc3)cn2)CC1. The highest BCUT2D eigenvalue weighted by atomic mass is 32.2. The van der Waals surface area contributed by atoms with Crippen LogP contribution in [0.5, 0.6) is 0 Å². The van der Waals surface area contributed by atoms with Gasteiger partial charge in [0.05, 0.1) is 10.5 Å². The Morgan fingerprint density at radius 1 is 0.971 bits per heavy atom. The highest BCUT2D eigenvalue weighted by Gasteiger charge is 2.27. The van der Waals surface area contributed by atoms with Crippen molar-refractivity contribution < 1.29 is 18.1 Å². The van der Waals surface area contributed by atoms with E-state index >= 15 is 0 Å². The van der Waals surface area contributed by atoms with E-state index in [1.165, 1.54) is 12.1 Å². The lowest BCUT2D eigenvalue weighted by molar-refractivity contribution is 0.0240. The smallest absolute Gasteiger partial charge is 0.410 e. The van der Waals surface area contributed by atoms with Gasteiger partial charge in [0, 0.05) is 49.7 Å². The number of hydrogen-bond acceptors (Lipinski definition) is 6. The van der Waals surface area contributed by atoms with Crippen molar-refractivity contribution in [3.63, 3.8) is 0 Å². The summed E-state index contributed by atoms with van der Waals surface area (Å²) in [5.74, 6) is 0.167. The van der Waals surface area contributed by atoms with Crippen LogP contribution in [-0.4, -0.2) is 67.4 Å². The Labute approximate surface area is 202 Å². The van der Waals surface area contributed by atoms with Crippen LogP contribution in [0.15, 0.2) is 41.1 Å². The van der Waals surface area contributed by atoms with E-state index in [4.69, 9.17) is 4.74 Å². The Morgan fingerprint density at radius 3 is 2.03 bits per heavy atom. The molecule has 0 saturated carbocycles. The van der Waals surface area contributed by atoms with Gasteiger partial charge in [0.1, 0.15) is 22.4 Å². The molecular weight excluding hydrogens is 457 g/mol. The normalized spacial score (nSPS) is 16.4. The maximum atomic E-state index is 13.5. The van der Waals surface area contributed by atoms with E-state index in [9.17, 15) is 13.4 Å². The molecule has 34 heavy (non-hydrogen) atoms. The standard InChI is InChI=1S/C24H32FN5O3S/c1-23(2,3)33-22(31)30-13-11-29(12-14-30)21-26-15-18(16-27-21)20(28-34(32)24(4,5)6)17-7-9-19(25)10-8-17/h7-10,15-16H,11-14H2,1-6H3/b28-20-/t34-/m0/s1. The Hall–Kier alpha value is -2.88. The summed E-state index contributed by atoms with van der Waals surface area (Å²) < 4.78 is 35.5. The molecule has 0 unspecified atom stereocenters. The Balaban J connectivity index is 1.77. The lowest BCUT2D eigenvalue weighted by atomic mass is 10.1. The number of ether oxygens (including phenoxy) is 1. The predicted molar refractivity (Wildman–Crippen MR) is 132 cm³/mol. The first-order valence-corrected chi connectivity index (χ1v) is 12.3. The second-order valence-corrected chi connectivity index (χ2v) is 11.9. The number of anilines is 1. The van der Waals surface area contributed by atoms with Crippen LogP contribution in [0, 0.1) is 5.82 Å². The first kappa shape index (κ1) is 25.7. The van der Waals surface area contributed by atoms with E-state index in [2.05, 4.69) is 14.4 Å². The van der Waals surface area contributed by atoms with Crippen LogP contribution in [0.3, 0.4) is 0 Å². The molecule has 0 spiro atoms. The lowest BCUT2D eigenvalue weighted by Crippen LogP contribution is -2.50. The van der Waals surface area contributed by atoms with Crippen molar-refractivity contribution in [2.75, 3.05) is 31.1 Å². The molecule has 0 aliphatic carbocycles. The number of rotatable bonds is 4. The summed E-state index contributed by atoms with van der Waals surface area (Å²) in [6.07, 6.45) is 2.94. The topological polar surface area (TPSA) is 88.0 Å².